The highest BCUT2D eigenvalue weighted by Crippen LogP contribution is 2.27. The van der Waals surface area contributed by atoms with Gasteiger partial charge in [0.1, 0.15) is 6.29 Å². The van der Waals surface area contributed by atoms with E-state index in [9.17, 15) is 9.59 Å². The Morgan fingerprint density at radius 2 is 1.93 bits per heavy atom. The summed E-state index contributed by atoms with van der Waals surface area (Å²) in [4.78, 5) is 23.0. The summed E-state index contributed by atoms with van der Waals surface area (Å²) in [7, 11) is 1.51. The zero-order chi connectivity index (χ0) is 19.8. The molecule has 2 aromatic carbocycles. The monoisotopic (exact) mass is 369 g/mol. The first-order valence-electron chi connectivity index (χ1n) is 9.04. The molecule has 144 valence electrons. The predicted octanol–water partition coefficient (Wildman–Crippen LogP) is 3.64. The van der Waals surface area contributed by atoms with Gasteiger partial charge in [-0.3, -0.25) is 9.59 Å². The lowest BCUT2D eigenvalue weighted by Gasteiger charge is -2.16. The lowest BCUT2D eigenvalue weighted by Crippen LogP contribution is -2.35. The number of benzene rings is 2. The summed E-state index contributed by atoms with van der Waals surface area (Å²) >= 11 is 0. The molecule has 0 spiro atoms. The Bertz CT molecular complexity index is 801. The molecular weight excluding hydrogens is 342 g/mol. The largest absolute Gasteiger partial charge is 0.493 e. The van der Waals surface area contributed by atoms with Gasteiger partial charge in [0.15, 0.2) is 11.5 Å². The second kappa shape index (κ2) is 9.76. The molecule has 0 saturated carbocycles. The highest BCUT2D eigenvalue weighted by molar-refractivity contribution is 5.77. The van der Waals surface area contributed by atoms with Crippen LogP contribution >= 0.6 is 0 Å². The van der Waals surface area contributed by atoms with E-state index in [1.807, 2.05) is 6.92 Å². The number of rotatable bonds is 9. The molecule has 0 heterocycles. The molecule has 0 fully saturated rings. The number of methoxy groups -OCH3 is 1. The maximum absolute atomic E-state index is 12.2. The van der Waals surface area contributed by atoms with Crippen molar-refractivity contribution in [3.8, 4) is 11.5 Å². The number of nitrogens with one attached hydrogen (secondary N) is 1. The molecule has 5 nitrogen and oxygen atoms in total. The molecule has 1 atom stereocenters. The van der Waals surface area contributed by atoms with Crippen LogP contribution in [0.5, 0.6) is 11.5 Å². The highest BCUT2D eigenvalue weighted by atomic mass is 16.5. The standard InChI is InChI=1S/C22H27NO4/c1-15-5-7-19(16(2)11-15)12-17(3)23-22(25)9-10-27-20-8-6-18(14-24)13-21(20)26-4/h5-8,11,13-14,17H,9-10,12H2,1-4H3,(H,23,25)/t17-/m0/s1. The third kappa shape index (κ3) is 6.13. The molecule has 0 saturated heterocycles. The van der Waals surface area contributed by atoms with Crippen molar-refractivity contribution in [3.63, 3.8) is 0 Å². The summed E-state index contributed by atoms with van der Waals surface area (Å²) in [5.74, 6) is 0.929. The Balaban J connectivity index is 1.81. The van der Waals surface area contributed by atoms with Crippen molar-refractivity contribution >= 4 is 12.2 Å². The second-order valence-corrected chi connectivity index (χ2v) is 6.73. The normalized spacial score (nSPS) is 11.6. The Morgan fingerprint density at radius 1 is 1.15 bits per heavy atom. The average Bonchev–Trinajstić information content (AvgIpc) is 2.64. The van der Waals surface area contributed by atoms with Gasteiger partial charge in [-0.25, -0.2) is 0 Å². The topological polar surface area (TPSA) is 64.6 Å². The fourth-order valence-electron chi connectivity index (χ4n) is 2.93. The van der Waals surface area contributed by atoms with Crippen molar-refractivity contribution in [3.05, 3.63) is 58.7 Å². The van der Waals surface area contributed by atoms with Gasteiger partial charge in [-0.1, -0.05) is 23.8 Å². The number of carbonyl (C=O) groups is 2. The zero-order valence-electron chi connectivity index (χ0n) is 16.4. The van der Waals surface area contributed by atoms with E-state index < -0.39 is 0 Å². The molecule has 2 rings (SSSR count). The summed E-state index contributed by atoms with van der Waals surface area (Å²) in [5, 5.41) is 3.01. The first kappa shape index (κ1) is 20.5. The van der Waals surface area contributed by atoms with Gasteiger partial charge in [0.2, 0.25) is 5.91 Å². The minimum absolute atomic E-state index is 0.0420. The van der Waals surface area contributed by atoms with Gasteiger partial charge in [-0.15, -0.1) is 0 Å². The van der Waals surface area contributed by atoms with Gasteiger partial charge in [-0.05, 0) is 56.5 Å². The first-order chi connectivity index (χ1) is 12.9. The van der Waals surface area contributed by atoms with Crippen LogP contribution < -0.4 is 14.8 Å². The summed E-state index contributed by atoms with van der Waals surface area (Å²) in [6, 6.07) is 11.3. The molecule has 5 heteroatoms. The van der Waals surface area contributed by atoms with Crippen molar-refractivity contribution in [1.29, 1.82) is 0 Å². The van der Waals surface area contributed by atoms with E-state index in [-0.39, 0.29) is 25.0 Å². The fraction of sp³-hybridized carbons (Fsp3) is 0.364. The van der Waals surface area contributed by atoms with Gasteiger partial charge >= 0.3 is 0 Å². The van der Waals surface area contributed by atoms with E-state index in [0.717, 1.165) is 12.7 Å². The number of ether oxygens (including phenoxy) is 2. The molecule has 1 N–H and O–H groups in total. The van der Waals surface area contributed by atoms with Crippen LogP contribution in [0.4, 0.5) is 0 Å². The minimum atomic E-state index is -0.0595. The number of aryl methyl sites for hydroxylation is 2. The highest BCUT2D eigenvalue weighted by Gasteiger charge is 2.11. The quantitative estimate of drug-likeness (QED) is 0.686. The van der Waals surface area contributed by atoms with Gasteiger partial charge in [0.05, 0.1) is 20.1 Å². The molecule has 0 unspecified atom stereocenters. The minimum Gasteiger partial charge on any atom is -0.493 e. The Morgan fingerprint density at radius 3 is 2.59 bits per heavy atom. The van der Waals surface area contributed by atoms with Crippen LogP contribution in [0, 0.1) is 13.8 Å². The molecule has 2 aromatic rings. The third-order valence-corrected chi connectivity index (χ3v) is 4.34. The molecule has 1 amide bonds. The van der Waals surface area contributed by atoms with Crippen LogP contribution in [0.3, 0.4) is 0 Å². The average molecular weight is 369 g/mol. The third-order valence-electron chi connectivity index (χ3n) is 4.34. The summed E-state index contributed by atoms with van der Waals surface area (Å²) in [6.45, 7) is 6.40. The molecule has 0 aliphatic heterocycles. The molecule has 0 radical (unpaired) electrons. The summed E-state index contributed by atoms with van der Waals surface area (Å²) < 4.78 is 10.8. The Hall–Kier alpha value is -2.82. The van der Waals surface area contributed by atoms with Crippen molar-refractivity contribution in [2.75, 3.05) is 13.7 Å². The van der Waals surface area contributed by atoms with Gasteiger partial charge in [0, 0.05) is 11.6 Å². The number of hydrogen-bond donors (Lipinski definition) is 1. The molecule has 0 aliphatic carbocycles. The van der Waals surface area contributed by atoms with Crippen LogP contribution in [0.25, 0.3) is 0 Å². The smallest absolute Gasteiger partial charge is 0.223 e. The SMILES string of the molecule is COc1cc(C=O)ccc1OCCC(=O)N[C@@H](C)Cc1ccc(C)cc1C. The van der Waals surface area contributed by atoms with Gasteiger partial charge in [-0.2, -0.15) is 0 Å². The Labute approximate surface area is 160 Å². The molecule has 0 aliphatic rings. The van der Waals surface area contributed by atoms with Crippen LogP contribution in [-0.4, -0.2) is 32.0 Å². The molecular formula is C22H27NO4. The molecule has 27 heavy (non-hydrogen) atoms. The maximum atomic E-state index is 12.2. The number of hydrogen-bond acceptors (Lipinski definition) is 4. The Kier molecular flexibility index (Phi) is 7.41. The molecule has 0 bridgehead atoms. The zero-order valence-corrected chi connectivity index (χ0v) is 16.4. The van der Waals surface area contributed by atoms with Gasteiger partial charge < -0.3 is 14.8 Å². The van der Waals surface area contributed by atoms with Crippen molar-refractivity contribution < 1.29 is 19.1 Å². The number of aldehydes is 1. The van der Waals surface area contributed by atoms with E-state index >= 15 is 0 Å². The van der Waals surface area contributed by atoms with Crippen LogP contribution in [0.1, 0.15) is 40.4 Å². The fourth-order valence-corrected chi connectivity index (χ4v) is 2.93. The van der Waals surface area contributed by atoms with E-state index in [4.69, 9.17) is 9.47 Å². The van der Waals surface area contributed by atoms with Crippen molar-refractivity contribution in [1.82, 2.24) is 5.32 Å². The van der Waals surface area contributed by atoms with Crippen LogP contribution in [0.2, 0.25) is 0 Å². The maximum Gasteiger partial charge on any atom is 0.223 e. The summed E-state index contributed by atoms with van der Waals surface area (Å²) in [6.07, 6.45) is 1.78. The number of carbonyl (C=O) groups excluding carboxylic acids is 2. The number of amides is 1. The van der Waals surface area contributed by atoms with Crippen molar-refractivity contribution in [2.24, 2.45) is 0 Å². The van der Waals surface area contributed by atoms with Crippen molar-refractivity contribution in [2.45, 2.75) is 39.7 Å². The van der Waals surface area contributed by atoms with E-state index in [0.29, 0.717) is 17.1 Å². The summed E-state index contributed by atoms with van der Waals surface area (Å²) in [5.41, 5.74) is 4.23. The van der Waals surface area contributed by atoms with Crippen LogP contribution in [-0.2, 0) is 11.2 Å². The first-order valence-corrected chi connectivity index (χ1v) is 9.04. The van der Waals surface area contributed by atoms with Crippen LogP contribution in [0.15, 0.2) is 36.4 Å². The van der Waals surface area contributed by atoms with Gasteiger partial charge in [0.25, 0.3) is 0 Å². The lowest BCUT2D eigenvalue weighted by atomic mass is 10.00. The molecule has 0 aromatic heterocycles. The van der Waals surface area contributed by atoms with E-state index in [2.05, 4.69) is 37.4 Å². The van der Waals surface area contributed by atoms with E-state index in [1.54, 1.807) is 18.2 Å². The van der Waals surface area contributed by atoms with E-state index in [1.165, 1.54) is 23.8 Å². The predicted molar refractivity (Wildman–Crippen MR) is 106 cm³/mol. The second-order valence-electron chi connectivity index (χ2n) is 6.73. The lowest BCUT2D eigenvalue weighted by molar-refractivity contribution is -0.122.